The van der Waals surface area contributed by atoms with Gasteiger partial charge in [0, 0.05) is 16.8 Å². The van der Waals surface area contributed by atoms with E-state index in [2.05, 4.69) is 10.0 Å². The van der Waals surface area contributed by atoms with Crippen molar-refractivity contribution in [3.8, 4) is 0 Å². The fraction of sp³-hybridized carbons (Fsp3) is 0.353. The quantitative estimate of drug-likeness (QED) is 0.748. The first kappa shape index (κ1) is 20.8. The molecule has 0 bridgehead atoms. The van der Waals surface area contributed by atoms with Gasteiger partial charge in [-0.05, 0) is 38.1 Å². The summed E-state index contributed by atoms with van der Waals surface area (Å²) in [7, 11) is -4.42. The average molecular weight is 372 g/mol. The Kier molecular flexibility index (Phi) is 6.48. The molecule has 0 atom stereocenters. The molecule has 8 heteroatoms. The molecule has 0 fully saturated rings. The summed E-state index contributed by atoms with van der Waals surface area (Å²) in [4.78, 5) is 10.9. The van der Waals surface area contributed by atoms with Crippen LogP contribution in [0, 0.1) is 5.41 Å². The predicted octanol–water partition coefficient (Wildman–Crippen LogP) is 4.49. The van der Waals surface area contributed by atoms with Gasteiger partial charge in [-0.3, -0.25) is 9.52 Å². The molecule has 0 aromatic heterocycles. The molecule has 0 aliphatic heterocycles. The molecular weight excluding hydrogens is 350 g/mol. The van der Waals surface area contributed by atoms with Crippen molar-refractivity contribution in [3.63, 3.8) is 0 Å². The topological polar surface area (TPSA) is 75.3 Å². The van der Waals surface area contributed by atoms with E-state index in [-0.39, 0.29) is 11.6 Å². The maximum atomic E-state index is 13.7. The Bertz CT molecular complexity index is 801. The van der Waals surface area contributed by atoms with Crippen molar-refractivity contribution in [1.82, 2.24) is 0 Å². The molecule has 25 heavy (non-hydrogen) atoms. The highest BCUT2D eigenvalue weighted by molar-refractivity contribution is 7.96. The molecule has 0 saturated heterocycles. The van der Waals surface area contributed by atoms with Gasteiger partial charge < -0.3 is 5.32 Å². The van der Waals surface area contributed by atoms with Crippen LogP contribution in [0.25, 0.3) is 0 Å². The molecule has 2 N–H and O–H groups in total. The van der Waals surface area contributed by atoms with E-state index in [1.54, 1.807) is 20.8 Å². The van der Waals surface area contributed by atoms with Crippen molar-refractivity contribution in [2.75, 3.05) is 10.0 Å². The third-order valence-electron chi connectivity index (χ3n) is 3.13. The number of amides is 1. The molecular formula is C17H22F2N2O3S. The number of benzene rings is 1. The van der Waals surface area contributed by atoms with Gasteiger partial charge in [0.05, 0.1) is 0 Å². The first-order chi connectivity index (χ1) is 11.4. The standard InChI is InChI=1S/C17H22F2N2O3S/c1-6-14(19)15(11(2)18)25(23,24)21-13-9-7-12(8-10-13)20-16(22)17(3,4)5/h6-10,21H,1-5H3,(H,20,22)/b14-6+,15-11-. The van der Waals surface area contributed by atoms with Crippen molar-refractivity contribution >= 4 is 27.3 Å². The summed E-state index contributed by atoms with van der Waals surface area (Å²) in [5.74, 6) is -2.53. The van der Waals surface area contributed by atoms with E-state index >= 15 is 0 Å². The summed E-state index contributed by atoms with van der Waals surface area (Å²) < 4.78 is 53.6. The van der Waals surface area contributed by atoms with E-state index < -0.39 is 32.0 Å². The van der Waals surface area contributed by atoms with E-state index in [0.717, 1.165) is 13.0 Å². The molecule has 1 amide bonds. The summed E-state index contributed by atoms with van der Waals surface area (Å²) in [5, 5.41) is 2.69. The minimum atomic E-state index is -4.42. The summed E-state index contributed by atoms with van der Waals surface area (Å²) in [6, 6.07) is 5.74. The Morgan fingerprint density at radius 2 is 1.56 bits per heavy atom. The third kappa shape index (κ3) is 5.67. The predicted molar refractivity (Wildman–Crippen MR) is 95.7 cm³/mol. The van der Waals surface area contributed by atoms with Crippen LogP contribution in [0.15, 0.2) is 46.9 Å². The van der Waals surface area contributed by atoms with E-state index in [1.807, 2.05) is 0 Å². The number of sulfonamides is 1. The van der Waals surface area contributed by atoms with Crippen LogP contribution in [0.3, 0.4) is 0 Å². The third-order valence-corrected chi connectivity index (χ3v) is 4.65. The first-order valence-electron chi connectivity index (χ1n) is 7.51. The minimum absolute atomic E-state index is 0.108. The molecule has 0 heterocycles. The number of halogens is 2. The van der Waals surface area contributed by atoms with E-state index in [9.17, 15) is 22.0 Å². The number of carbonyl (C=O) groups is 1. The first-order valence-corrected chi connectivity index (χ1v) is 8.99. The van der Waals surface area contributed by atoms with Crippen molar-refractivity contribution in [2.45, 2.75) is 34.6 Å². The second kappa shape index (κ2) is 7.77. The van der Waals surface area contributed by atoms with Gasteiger partial charge in [0.25, 0.3) is 10.0 Å². The largest absolute Gasteiger partial charge is 0.326 e. The number of hydrogen-bond acceptors (Lipinski definition) is 3. The number of carbonyl (C=O) groups excluding carboxylic acids is 1. The maximum Gasteiger partial charge on any atom is 0.267 e. The maximum absolute atomic E-state index is 13.7. The smallest absolute Gasteiger partial charge is 0.267 e. The fourth-order valence-corrected chi connectivity index (χ4v) is 3.05. The van der Waals surface area contributed by atoms with Gasteiger partial charge in [-0.15, -0.1) is 0 Å². The van der Waals surface area contributed by atoms with Crippen LogP contribution in [0.1, 0.15) is 34.6 Å². The minimum Gasteiger partial charge on any atom is -0.326 e. The summed E-state index contributed by atoms with van der Waals surface area (Å²) in [6.45, 7) is 7.40. The van der Waals surface area contributed by atoms with Crippen LogP contribution in [-0.4, -0.2) is 14.3 Å². The zero-order chi connectivity index (χ0) is 19.4. The van der Waals surface area contributed by atoms with Crippen molar-refractivity contribution in [1.29, 1.82) is 0 Å². The average Bonchev–Trinajstić information content (AvgIpc) is 2.47. The summed E-state index contributed by atoms with van der Waals surface area (Å²) >= 11 is 0. The second-order valence-electron chi connectivity index (χ2n) is 6.39. The van der Waals surface area contributed by atoms with Crippen LogP contribution >= 0.6 is 0 Å². The molecule has 0 aliphatic carbocycles. The highest BCUT2D eigenvalue weighted by Crippen LogP contribution is 2.26. The van der Waals surface area contributed by atoms with Crippen LogP contribution in [-0.2, 0) is 14.8 Å². The van der Waals surface area contributed by atoms with E-state index in [4.69, 9.17) is 0 Å². The monoisotopic (exact) mass is 372 g/mol. The number of rotatable bonds is 5. The molecule has 1 aromatic rings. The molecule has 0 unspecified atom stereocenters. The Labute approximate surface area is 146 Å². The summed E-state index contributed by atoms with van der Waals surface area (Å²) in [6.07, 6.45) is 0.864. The Balaban J connectivity index is 3.02. The molecule has 0 radical (unpaired) electrons. The normalized spacial score (nSPS) is 14.0. The number of allylic oxidation sites excluding steroid dienone is 3. The Morgan fingerprint density at radius 3 is 1.96 bits per heavy atom. The van der Waals surface area contributed by atoms with Gasteiger partial charge >= 0.3 is 0 Å². The zero-order valence-corrected chi connectivity index (χ0v) is 15.6. The number of nitrogens with one attached hydrogen (secondary N) is 2. The molecule has 1 aromatic carbocycles. The van der Waals surface area contributed by atoms with Crippen LogP contribution in [0.2, 0.25) is 0 Å². The Morgan fingerprint density at radius 1 is 1.08 bits per heavy atom. The van der Waals surface area contributed by atoms with Gasteiger partial charge in [-0.1, -0.05) is 26.8 Å². The lowest BCUT2D eigenvalue weighted by atomic mass is 9.95. The zero-order valence-electron chi connectivity index (χ0n) is 14.8. The highest BCUT2D eigenvalue weighted by atomic mass is 32.2. The molecule has 0 aliphatic rings. The molecule has 5 nitrogen and oxygen atoms in total. The van der Waals surface area contributed by atoms with Crippen LogP contribution < -0.4 is 10.0 Å². The van der Waals surface area contributed by atoms with Gasteiger partial charge in [0.15, 0.2) is 4.91 Å². The molecule has 0 spiro atoms. The fourth-order valence-electron chi connectivity index (χ4n) is 1.76. The van der Waals surface area contributed by atoms with Gasteiger partial charge in [-0.25, -0.2) is 17.2 Å². The van der Waals surface area contributed by atoms with Crippen LogP contribution in [0.4, 0.5) is 20.2 Å². The molecule has 0 saturated carbocycles. The number of anilines is 2. The van der Waals surface area contributed by atoms with E-state index in [1.165, 1.54) is 31.2 Å². The van der Waals surface area contributed by atoms with Crippen molar-refractivity contribution < 1.29 is 22.0 Å². The van der Waals surface area contributed by atoms with Gasteiger partial charge in [0.2, 0.25) is 5.91 Å². The lowest BCUT2D eigenvalue weighted by Crippen LogP contribution is -2.27. The van der Waals surface area contributed by atoms with E-state index in [0.29, 0.717) is 5.69 Å². The SMILES string of the molecule is C/C=C(F)\C(=C(/C)F)S(=O)(=O)Nc1ccc(NC(=O)C(C)(C)C)cc1. The summed E-state index contributed by atoms with van der Waals surface area (Å²) in [5.41, 5.74) is -0.000771. The van der Waals surface area contributed by atoms with Crippen LogP contribution in [0.5, 0.6) is 0 Å². The lowest BCUT2D eigenvalue weighted by Gasteiger charge is -2.18. The van der Waals surface area contributed by atoms with Crippen molar-refractivity contribution in [2.24, 2.45) is 5.41 Å². The Hall–Kier alpha value is -2.22. The molecule has 1 rings (SSSR count). The second-order valence-corrected chi connectivity index (χ2v) is 8.01. The van der Waals surface area contributed by atoms with Gasteiger partial charge in [0.1, 0.15) is 11.7 Å². The molecule has 138 valence electrons. The van der Waals surface area contributed by atoms with Gasteiger partial charge in [-0.2, -0.15) is 0 Å². The lowest BCUT2D eigenvalue weighted by molar-refractivity contribution is -0.123. The number of hydrogen-bond donors (Lipinski definition) is 2. The highest BCUT2D eigenvalue weighted by Gasteiger charge is 2.25. The van der Waals surface area contributed by atoms with Crippen molar-refractivity contribution in [3.05, 3.63) is 46.9 Å².